The third-order valence-electron chi connectivity index (χ3n) is 3.92. The van der Waals surface area contributed by atoms with E-state index < -0.39 is 0 Å². The number of benzene rings is 1. The van der Waals surface area contributed by atoms with Crippen LogP contribution < -0.4 is 14.8 Å². The zero-order valence-electron chi connectivity index (χ0n) is 15.3. The van der Waals surface area contributed by atoms with Crippen LogP contribution in [0, 0.1) is 0 Å². The predicted molar refractivity (Wildman–Crippen MR) is 95.8 cm³/mol. The molecule has 0 aliphatic rings. The molecular weight excluding hydrogens is 336 g/mol. The van der Waals surface area contributed by atoms with Gasteiger partial charge in [-0.1, -0.05) is 6.07 Å². The highest BCUT2D eigenvalue weighted by atomic mass is 16.5. The number of furan rings is 1. The van der Waals surface area contributed by atoms with E-state index in [2.05, 4.69) is 5.32 Å². The fraction of sp³-hybridized carbons (Fsp3) is 0.368. The molecule has 1 aromatic heterocycles. The summed E-state index contributed by atoms with van der Waals surface area (Å²) >= 11 is 0. The van der Waals surface area contributed by atoms with Gasteiger partial charge >= 0.3 is 0 Å². The summed E-state index contributed by atoms with van der Waals surface area (Å²) in [5.41, 5.74) is 0.898. The van der Waals surface area contributed by atoms with Crippen LogP contribution in [0.3, 0.4) is 0 Å². The minimum Gasteiger partial charge on any atom is -0.493 e. The molecule has 0 radical (unpaired) electrons. The molecule has 26 heavy (non-hydrogen) atoms. The van der Waals surface area contributed by atoms with Crippen molar-refractivity contribution in [2.24, 2.45) is 0 Å². The van der Waals surface area contributed by atoms with Gasteiger partial charge in [0.1, 0.15) is 5.76 Å². The summed E-state index contributed by atoms with van der Waals surface area (Å²) in [7, 11) is 3.14. The summed E-state index contributed by atoms with van der Waals surface area (Å²) in [6.07, 6.45) is 1.77. The molecule has 140 valence electrons. The molecule has 0 spiro atoms. The van der Waals surface area contributed by atoms with Crippen molar-refractivity contribution in [2.45, 2.75) is 26.4 Å². The maximum absolute atomic E-state index is 12.1. The first-order valence-electron chi connectivity index (χ1n) is 8.29. The lowest BCUT2D eigenvalue weighted by atomic mass is 10.2. The normalized spacial score (nSPS) is 10.3. The second-order valence-corrected chi connectivity index (χ2v) is 5.74. The van der Waals surface area contributed by atoms with Crippen molar-refractivity contribution >= 4 is 11.8 Å². The van der Waals surface area contributed by atoms with Crippen LogP contribution in [0.15, 0.2) is 41.0 Å². The molecule has 0 fully saturated rings. The molecule has 0 unspecified atom stereocenters. The fourth-order valence-electron chi connectivity index (χ4n) is 2.45. The third-order valence-corrected chi connectivity index (χ3v) is 3.92. The number of amides is 2. The number of carbonyl (C=O) groups excluding carboxylic acids is 2. The summed E-state index contributed by atoms with van der Waals surface area (Å²) in [5.74, 6) is 1.70. The van der Waals surface area contributed by atoms with E-state index in [0.717, 1.165) is 5.56 Å². The van der Waals surface area contributed by atoms with Crippen molar-refractivity contribution in [3.63, 3.8) is 0 Å². The minimum absolute atomic E-state index is 0.103. The van der Waals surface area contributed by atoms with Crippen molar-refractivity contribution in [1.29, 1.82) is 0 Å². The lowest BCUT2D eigenvalue weighted by molar-refractivity contribution is -0.130. The summed E-state index contributed by atoms with van der Waals surface area (Å²) in [6, 6.07) is 9.04. The molecule has 1 aromatic carbocycles. The molecule has 2 aromatic rings. The van der Waals surface area contributed by atoms with Crippen LogP contribution >= 0.6 is 0 Å². The molecule has 7 nitrogen and oxygen atoms in total. The van der Waals surface area contributed by atoms with Gasteiger partial charge in [0, 0.05) is 26.4 Å². The monoisotopic (exact) mass is 360 g/mol. The Balaban J connectivity index is 1.83. The number of hydrogen-bond donors (Lipinski definition) is 1. The summed E-state index contributed by atoms with van der Waals surface area (Å²) in [5, 5.41) is 2.84. The Labute approximate surface area is 152 Å². The van der Waals surface area contributed by atoms with Gasteiger partial charge in [0.25, 0.3) is 0 Å². The molecule has 0 saturated heterocycles. The van der Waals surface area contributed by atoms with E-state index in [0.29, 0.717) is 36.9 Å². The number of rotatable bonds is 9. The molecule has 0 aliphatic carbocycles. The largest absolute Gasteiger partial charge is 0.493 e. The highest BCUT2D eigenvalue weighted by molar-refractivity contribution is 5.78. The summed E-state index contributed by atoms with van der Waals surface area (Å²) < 4.78 is 15.7. The lowest BCUT2D eigenvalue weighted by Gasteiger charge is -2.19. The van der Waals surface area contributed by atoms with E-state index in [1.807, 2.05) is 12.1 Å². The Morgan fingerprint density at radius 1 is 1.15 bits per heavy atom. The lowest BCUT2D eigenvalue weighted by Crippen LogP contribution is -2.33. The number of carbonyl (C=O) groups is 2. The van der Waals surface area contributed by atoms with E-state index in [4.69, 9.17) is 13.9 Å². The van der Waals surface area contributed by atoms with Crippen molar-refractivity contribution in [2.75, 3.05) is 20.8 Å². The Hall–Kier alpha value is -2.96. The zero-order chi connectivity index (χ0) is 18.9. The second-order valence-electron chi connectivity index (χ2n) is 5.74. The maximum Gasteiger partial charge on any atom is 0.222 e. The van der Waals surface area contributed by atoms with E-state index in [-0.39, 0.29) is 18.2 Å². The Kier molecular flexibility index (Phi) is 7.08. The topological polar surface area (TPSA) is 81.0 Å². The Morgan fingerprint density at radius 2 is 1.92 bits per heavy atom. The van der Waals surface area contributed by atoms with Crippen LogP contribution in [0.1, 0.15) is 24.7 Å². The van der Waals surface area contributed by atoms with Crippen LogP contribution in [-0.4, -0.2) is 37.5 Å². The van der Waals surface area contributed by atoms with E-state index in [1.165, 1.54) is 6.92 Å². The molecule has 0 bridgehead atoms. The van der Waals surface area contributed by atoms with Gasteiger partial charge in [-0.25, -0.2) is 0 Å². The van der Waals surface area contributed by atoms with Crippen LogP contribution in [0.4, 0.5) is 0 Å². The molecule has 0 aliphatic heterocycles. The van der Waals surface area contributed by atoms with E-state index in [1.54, 1.807) is 43.6 Å². The van der Waals surface area contributed by atoms with Gasteiger partial charge < -0.3 is 24.1 Å². The van der Waals surface area contributed by atoms with Crippen LogP contribution in [0.2, 0.25) is 0 Å². The number of methoxy groups -OCH3 is 2. The number of ether oxygens (including phenoxy) is 2. The quantitative estimate of drug-likeness (QED) is 0.742. The fourth-order valence-corrected chi connectivity index (χ4v) is 2.45. The molecule has 2 rings (SSSR count). The minimum atomic E-state index is -0.134. The predicted octanol–water partition coefficient (Wildman–Crippen LogP) is 2.35. The van der Waals surface area contributed by atoms with Crippen molar-refractivity contribution in [3.8, 4) is 11.5 Å². The standard InChI is InChI=1S/C19H24N2O5/c1-14(22)21(13-16-5-4-10-26-16)9-8-19(23)20-12-15-6-7-17(24-2)18(11-15)25-3/h4-7,10-11H,8-9,12-13H2,1-3H3,(H,20,23). The maximum atomic E-state index is 12.1. The van der Waals surface area contributed by atoms with Crippen molar-refractivity contribution < 1.29 is 23.5 Å². The van der Waals surface area contributed by atoms with Crippen molar-refractivity contribution in [3.05, 3.63) is 47.9 Å². The third kappa shape index (κ3) is 5.54. The summed E-state index contributed by atoms with van der Waals surface area (Å²) in [4.78, 5) is 25.4. The van der Waals surface area contributed by atoms with Crippen LogP contribution in [-0.2, 0) is 22.7 Å². The van der Waals surface area contributed by atoms with Gasteiger partial charge in [-0.3, -0.25) is 9.59 Å². The highest BCUT2D eigenvalue weighted by Gasteiger charge is 2.13. The number of nitrogens with one attached hydrogen (secondary N) is 1. The smallest absolute Gasteiger partial charge is 0.222 e. The molecular formula is C19H24N2O5. The second kappa shape index (κ2) is 9.50. The molecule has 1 heterocycles. The zero-order valence-corrected chi connectivity index (χ0v) is 15.3. The van der Waals surface area contributed by atoms with Gasteiger partial charge in [0.05, 0.1) is 27.0 Å². The summed E-state index contributed by atoms with van der Waals surface area (Å²) in [6.45, 7) is 2.53. The van der Waals surface area contributed by atoms with Gasteiger partial charge in [0.2, 0.25) is 11.8 Å². The van der Waals surface area contributed by atoms with Crippen LogP contribution in [0.25, 0.3) is 0 Å². The Morgan fingerprint density at radius 3 is 2.54 bits per heavy atom. The van der Waals surface area contributed by atoms with Crippen molar-refractivity contribution in [1.82, 2.24) is 10.2 Å². The van der Waals surface area contributed by atoms with E-state index in [9.17, 15) is 9.59 Å². The SMILES string of the molecule is COc1ccc(CNC(=O)CCN(Cc2ccco2)C(C)=O)cc1OC. The molecule has 0 atom stereocenters. The van der Waals surface area contributed by atoms with Gasteiger partial charge in [0.15, 0.2) is 11.5 Å². The molecule has 2 amide bonds. The highest BCUT2D eigenvalue weighted by Crippen LogP contribution is 2.27. The van der Waals surface area contributed by atoms with Gasteiger partial charge in [-0.15, -0.1) is 0 Å². The van der Waals surface area contributed by atoms with Crippen LogP contribution in [0.5, 0.6) is 11.5 Å². The average Bonchev–Trinajstić information content (AvgIpc) is 3.15. The molecule has 1 N–H and O–H groups in total. The number of hydrogen-bond acceptors (Lipinski definition) is 5. The van der Waals surface area contributed by atoms with Gasteiger partial charge in [-0.2, -0.15) is 0 Å². The molecule has 0 saturated carbocycles. The first-order chi connectivity index (χ1) is 12.5. The first-order valence-corrected chi connectivity index (χ1v) is 8.29. The van der Waals surface area contributed by atoms with E-state index >= 15 is 0 Å². The van der Waals surface area contributed by atoms with Gasteiger partial charge in [-0.05, 0) is 29.8 Å². The first kappa shape index (κ1) is 19.4. The average molecular weight is 360 g/mol. The molecule has 7 heteroatoms. The number of nitrogens with zero attached hydrogens (tertiary/aromatic N) is 1. The Bertz CT molecular complexity index is 728.